The van der Waals surface area contributed by atoms with E-state index in [2.05, 4.69) is 53.5 Å². The monoisotopic (exact) mass is 328 g/mol. The number of rotatable bonds is 2. The molecular formula is C23H24N2. The van der Waals surface area contributed by atoms with E-state index in [0.717, 1.165) is 34.7 Å². The number of H-pyrrole nitrogens is 1. The number of aromatic nitrogens is 2. The molecule has 0 radical (unpaired) electrons. The molecule has 0 aliphatic heterocycles. The van der Waals surface area contributed by atoms with Gasteiger partial charge in [-0.3, -0.25) is 0 Å². The van der Waals surface area contributed by atoms with E-state index >= 15 is 0 Å². The fourth-order valence-electron chi connectivity index (χ4n) is 6.54. The van der Waals surface area contributed by atoms with Gasteiger partial charge in [-0.05, 0) is 79.4 Å². The van der Waals surface area contributed by atoms with E-state index in [-0.39, 0.29) is 0 Å². The van der Waals surface area contributed by atoms with Crippen LogP contribution in [0.5, 0.6) is 0 Å². The van der Waals surface area contributed by atoms with E-state index in [1.165, 1.54) is 44.0 Å². The summed E-state index contributed by atoms with van der Waals surface area (Å²) in [5.74, 6) is 3.95. The minimum absolute atomic E-state index is 0.459. The Morgan fingerprint density at radius 1 is 0.840 bits per heavy atom. The van der Waals surface area contributed by atoms with Gasteiger partial charge in [0.2, 0.25) is 0 Å². The molecule has 1 heterocycles. The smallest absolute Gasteiger partial charge is 0.138 e. The zero-order valence-corrected chi connectivity index (χ0v) is 14.5. The highest BCUT2D eigenvalue weighted by atomic mass is 14.9. The van der Waals surface area contributed by atoms with Crippen LogP contribution in [0.3, 0.4) is 0 Å². The molecule has 0 amide bonds. The predicted molar refractivity (Wildman–Crippen MR) is 101 cm³/mol. The minimum atomic E-state index is 0.459. The van der Waals surface area contributed by atoms with E-state index in [9.17, 15) is 0 Å². The van der Waals surface area contributed by atoms with Crippen LogP contribution in [0.4, 0.5) is 0 Å². The highest BCUT2D eigenvalue weighted by Gasteiger charge is 2.51. The summed E-state index contributed by atoms with van der Waals surface area (Å²) in [4.78, 5) is 8.39. The highest BCUT2D eigenvalue weighted by molar-refractivity contribution is 5.80. The van der Waals surface area contributed by atoms with E-state index < -0.39 is 0 Å². The number of hydrogen-bond acceptors (Lipinski definition) is 1. The van der Waals surface area contributed by atoms with E-state index in [1.54, 1.807) is 5.56 Å². The summed E-state index contributed by atoms with van der Waals surface area (Å²) in [5.41, 5.74) is 5.48. The number of nitrogens with one attached hydrogen (secondary N) is 1. The van der Waals surface area contributed by atoms with Crippen LogP contribution >= 0.6 is 0 Å². The van der Waals surface area contributed by atoms with Gasteiger partial charge in [0, 0.05) is 5.56 Å². The van der Waals surface area contributed by atoms with Gasteiger partial charge in [-0.25, -0.2) is 4.98 Å². The van der Waals surface area contributed by atoms with Crippen molar-refractivity contribution in [1.82, 2.24) is 9.97 Å². The second-order valence-corrected chi connectivity index (χ2v) is 8.88. The Kier molecular flexibility index (Phi) is 2.81. The third-order valence-electron chi connectivity index (χ3n) is 7.18. The Morgan fingerprint density at radius 3 is 2.20 bits per heavy atom. The van der Waals surface area contributed by atoms with Crippen molar-refractivity contribution in [3.05, 3.63) is 54.1 Å². The lowest BCUT2D eigenvalue weighted by Gasteiger charge is -2.57. The van der Waals surface area contributed by atoms with Gasteiger partial charge in [-0.15, -0.1) is 0 Å². The first-order chi connectivity index (χ1) is 12.3. The Hall–Kier alpha value is -2.09. The van der Waals surface area contributed by atoms with Crippen molar-refractivity contribution in [3.8, 4) is 11.4 Å². The summed E-state index contributed by atoms with van der Waals surface area (Å²) < 4.78 is 0. The second-order valence-electron chi connectivity index (χ2n) is 8.88. The van der Waals surface area contributed by atoms with Crippen LogP contribution < -0.4 is 0 Å². The molecule has 4 bridgehead atoms. The molecular weight excluding hydrogens is 304 g/mol. The zero-order chi connectivity index (χ0) is 16.4. The topological polar surface area (TPSA) is 28.7 Å². The van der Waals surface area contributed by atoms with Crippen molar-refractivity contribution in [1.29, 1.82) is 0 Å². The lowest BCUT2D eigenvalue weighted by atomic mass is 9.48. The average Bonchev–Trinajstić information content (AvgIpc) is 3.05. The van der Waals surface area contributed by atoms with Crippen LogP contribution in [0, 0.1) is 17.8 Å². The molecule has 2 nitrogen and oxygen atoms in total. The molecule has 0 spiro atoms. The summed E-state index contributed by atoms with van der Waals surface area (Å²) in [6.07, 6.45) is 8.77. The van der Waals surface area contributed by atoms with Crippen molar-refractivity contribution < 1.29 is 0 Å². The van der Waals surface area contributed by atoms with E-state index in [0.29, 0.717) is 5.41 Å². The zero-order valence-electron chi connectivity index (χ0n) is 14.5. The van der Waals surface area contributed by atoms with Gasteiger partial charge in [-0.1, -0.05) is 36.4 Å². The van der Waals surface area contributed by atoms with Gasteiger partial charge in [0.1, 0.15) is 5.82 Å². The molecule has 126 valence electrons. The molecule has 25 heavy (non-hydrogen) atoms. The molecule has 4 aliphatic rings. The summed E-state index contributed by atoms with van der Waals surface area (Å²) in [6.45, 7) is 0. The van der Waals surface area contributed by atoms with Crippen molar-refractivity contribution in [2.75, 3.05) is 0 Å². The second kappa shape index (κ2) is 4.97. The molecule has 1 aromatic heterocycles. The molecule has 2 aromatic carbocycles. The lowest BCUT2D eigenvalue weighted by Crippen LogP contribution is -2.48. The fourth-order valence-corrected chi connectivity index (χ4v) is 6.54. The quantitative estimate of drug-likeness (QED) is 0.642. The first-order valence-electron chi connectivity index (χ1n) is 9.83. The van der Waals surface area contributed by atoms with Crippen LogP contribution in [0.25, 0.3) is 22.4 Å². The van der Waals surface area contributed by atoms with Gasteiger partial charge < -0.3 is 4.98 Å². The van der Waals surface area contributed by atoms with Crippen LogP contribution in [-0.2, 0) is 5.41 Å². The molecule has 3 aromatic rings. The maximum Gasteiger partial charge on any atom is 0.138 e. The predicted octanol–water partition coefficient (Wildman–Crippen LogP) is 5.70. The third-order valence-corrected chi connectivity index (χ3v) is 7.18. The van der Waals surface area contributed by atoms with Gasteiger partial charge in [0.05, 0.1) is 11.0 Å². The molecule has 4 saturated carbocycles. The summed E-state index contributed by atoms with van der Waals surface area (Å²) >= 11 is 0. The Bertz CT molecular complexity index is 902. The number of aromatic amines is 1. The molecule has 1 N–H and O–H groups in total. The van der Waals surface area contributed by atoms with Crippen LogP contribution in [0.1, 0.15) is 44.1 Å². The SMILES string of the molecule is c1ccc(-c2nc3ccc(C45CC6CC(CC(C6)C4)C5)cc3[nH]2)cc1. The molecule has 0 unspecified atom stereocenters. The minimum Gasteiger partial charge on any atom is -0.338 e. The molecule has 2 heteroatoms. The number of benzene rings is 2. The Balaban J connectivity index is 1.43. The van der Waals surface area contributed by atoms with Crippen molar-refractivity contribution in [3.63, 3.8) is 0 Å². The van der Waals surface area contributed by atoms with Crippen molar-refractivity contribution in [2.45, 2.75) is 43.9 Å². The maximum atomic E-state index is 4.81. The molecule has 7 rings (SSSR count). The van der Waals surface area contributed by atoms with Gasteiger partial charge in [0.15, 0.2) is 0 Å². The largest absolute Gasteiger partial charge is 0.338 e. The summed E-state index contributed by atoms with van der Waals surface area (Å²) in [5, 5.41) is 0. The Morgan fingerprint density at radius 2 is 1.52 bits per heavy atom. The molecule has 4 aliphatic carbocycles. The van der Waals surface area contributed by atoms with Crippen LogP contribution in [0.15, 0.2) is 48.5 Å². The number of imidazole rings is 1. The van der Waals surface area contributed by atoms with Gasteiger partial charge >= 0.3 is 0 Å². The first-order valence-corrected chi connectivity index (χ1v) is 9.83. The van der Waals surface area contributed by atoms with Crippen molar-refractivity contribution >= 4 is 11.0 Å². The van der Waals surface area contributed by atoms with Crippen LogP contribution in [0.2, 0.25) is 0 Å². The van der Waals surface area contributed by atoms with E-state index in [4.69, 9.17) is 4.98 Å². The van der Waals surface area contributed by atoms with Gasteiger partial charge in [0.25, 0.3) is 0 Å². The Labute approximate surface area is 148 Å². The van der Waals surface area contributed by atoms with Crippen molar-refractivity contribution in [2.24, 2.45) is 17.8 Å². The average molecular weight is 328 g/mol. The molecule has 0 atom stereocenters. The third kappa shape index (κ3) is 2.13. The fraction of sp³-hybridized carbons (Fsp3) is 0.435. The molecule has 4 fully saturated rings. The lowest BCUT2D eigenvalue weighted by molar-refractivity contribution is -0.00513. The maximum absolute atomic E-state index is 4.81. The number of fused-ring (bicyclic) bond motifs is 1. The number of hydrogen-bond donors (Lipinski definition) is 1. The van der Waals surface area contributed by atoms with E-state index in [1.807, 2.05) is 0 Å². The summed E-state index contributed by atoms with van der Waals surface area (Å²) in [6, 6.07) is 17.5. The number of nitrogens with zero attached hydrogens (tertiary/aromatic N) is 1. The first kappa shape index (κ1) is 14.1. The highest BCUT2D eigenvalue weighted by Crippen LogP contribution is 2.60. The molecule has 0 saturated heterocycles. The summed E-state index contributed by atoms with van der Waals surface area (Å²) in [7, 11) is 0. The standard InChI is InChI=1S/C23H24N2/c1-2-4-18(5-3-1)22-24-20-7-6-19(11-21(20)25-22)23-12-15-8-16(13-23)10-17(9-15)14-23/h1-7,11,15-17H,8-10,12-14H2,(H,24,25). The van der Waals surface area contributed by atoms with Gasteiger partial charge in [-0.2, -0.15) is 0 Å². The van der Waals surface area contributed by atoms with Crippen LogP contribution in [-0.4, -0.2) is 9.97 Å². The normalized spacial score (nSPS) is 33.2.